The van der Waals surface area contributed by atoms with Crippen LogP contribution in [0.15, 0.2) is 163 Å². The molecule has 2 heterocycles. The number of hydrogen-bond donors (Lipinski definition) is 0. The van der Waals surface area contributed by atoms with Gasteiger partial charge in [0.2, 0.25) is 0 Å². The Morgan fingerprint density at radius 1 is 0.400 bits per heavy atom. The Labute approximate surface area is 289 Å². The van der Waals surface area contributed by atoms with E-state index in [1.165, 1.54) is 5.56 Å². The molecule has 0 N–H and O–H groups in total. The molecule has 0 unspecified atom stereocenters. The molecule has 0 fully saturated rings. The first-order chi connectivity index (χ1) is 24.5. The minimum absolute atomic E-state index is 0.0300. The van der Waals surface area contributed by atoms with Crippen LogP contribution in [0.2, 0.25) is 0 Å². The summed E-state index contributed by atoms with van der Waals surface area (Å²) in [7, 11) is 3.66. The Morgan fingerprint density at radius 3 is 1.46 bits per heavy atom. The average Bonchev–Trinajstić information content (AvgIpc) is 3.40. The summed E-state index contributed by atoms with van der Waals surface area (Å²) in [6, 6.07) is 54.9. The van der Waals surface area contributed by atoms with Gasteiger partial charge >= 0.3 is 5.69 Å². The van der Waals surface area contributed by atoms with E-state index in [0.717, 1.165) is 77.3 Å². The van der Waals surface area contributed by atoms with Crippen LogP contribution in [0.25, 0.3) is 88.7 Å². The normalized spacial score (nSPS) is 11.5. The van der Waals surface area contributed by atoms with Gasteiger partial charge in [0.05, 0.1) is 22.4 Å². The zero-order chi connectivity index (χ0) is 33.8. The number of benzene rings is 7. The molecule has 9 rings (SSSR count). The van der Waals surface area contributed by atoms with Crippen molar-refractivity contribution in [2.75, 3.05) is 0 Å². The number of rotatable bonds is 5. The number of hydrogen-bond acceptors (Lipinski definition) is 3. The van der Waals surface area contributed by atoms with Crippen LogP contribution in [0, 0.1) is 0 Å². The van der Waals surface area contributed by atoms with Gasteiger partial charge in [0.25, 0.3) is 0 Å². The lowest BCUT2D eigenvalue weighted by Crippen LogP contribution is -2.19. The molecule has 0 aliphatic heterocycles. The quantitative estimate of drug-likeness (QED) is 0.175. The molecule has 0 aliphatic carbocycles. The smallest absolute Gasteiger partial charge is 0.295 e. The maximum Gasteiger partial charge on any atom is 0.328 e. The molecule has 9 aromatic rings. The van der Waals surface area contributed by atoms with Crippen LogP contribution in [-0.2, 0) is 14.1 Å². The first-order valence-corrected chi connectivity index (χ1v) is 16.8. The molecule has 5 nitrogen and oxygen atoms in total. The minimum atomic E-state index is -0.0300. The standard InChI is InChI=1S/C45H32N4O/c1-48-40-25-24-33(27-41(40)49(2)45(48)50)43-36-22-11-9-20-34(36)42(35-21-10-12-23-37(35)43)32-19-13-18-31(26-32)39-28-38(29-14-5-3-6-15-29)46-44(47-39)30-16-7-4-8-17-30/h3-28H,1-2H3. The molecule has 0 bridgehead atoms. The lowest BCUT2D eigenvalue weighted by molar-refractivity contribution is 0.795. The van der Waals surface area contributed by atoms with E-state index in [1.807, 2.05) is 50.5 Å². The van der Waals surface area contributed by atoms with Gasteiger partial charge in [0.1, 0.15) is 0 Å². The van der Waals surface area contributed by atoms with Crippen LogP contribution in [0.5, 0.6) is 0 Å². The topological polar surface area (TPSA) is 52.7 Å². The Bertz CT molecular complexity index is 2680. The third-order valence-electron chi connectivity index (χ3n) is 9.77. The van der Waals surface area contributed by atoms with E-state index in [2.05, 4.69) is 121 Å². The molecule has 0 atom stereocenters. The summed E-state index contributed by atoms with van der Waals surface area (Å²) in [6.07, 6.45) is 0. The van der Waals surface area contributed by atoms with Gasteiger partial charge < -0.3 is 0 Å². The van der Waals surface area contributed by atoms with Gasteiger partial charge in [-0.05, 0) is 68.1 Å². The van der Waals surface area contributed by atoms with Crippen LogP contribution in [0.3, 0.4) is 0 Å². The summed E-state index contributed by atoms with van der Waals surface area (Å²) in [5, 5.41) is 4.65. The van der Waals surface area contributed by atoms with Gasteiger partial charge in [0, 0.05) is 30.8 Å². The highest BCUT2D eigenvalue weighted by molar-refractivity contribution is 6.21. The fraction of sp³-hybridized carbons (Fsp3) is 0.0444. The van der Waals surface area contributed by atoms with Crippen molar-refractivity contribution in [3.05, 3.63) is 168 Å². The Kier molecular flexibility index (Phi) is 6.99. The molecule has 0 aliphatic rings. The lowest BCUT2D eigenvalue weighted by atomic mass is 9.85. The molecule has 0 saturated heterocycles. The predicted octanol–water partition coefficient (Wildman–Crippen LogP) is 10.3. The monoisotopic (exact) mass is 644 g/mol. The van der Waals surface area contributed by atoms with Gasteiger partial charge in [-0.25, -0.2) is 14.8 Å². The molecule has 5 heteroatoms. The SMILES string of the molecule is Cn1c(=O)n(C)c2cc(-c3c4ccccc4c(-c4cccc(-c5cc(-c6ccccc6)nc(-c6ccccc6)n5)c4)c4ccccc34)ccc21. The number of fused-ring (bicyclic) bond motifs is 3. The molecular weight excluding hydrogens is 613 g/mol. The molecule has 0 amide bonds. The van der Waals surface area contributed by atoms with E-state index >= 15 is 0 Å². The van der Waals surface area contributed by atoms with E-state index < -0.39 is 0 Å². The van der Waals surface area contributed by atoms with Gasteiger partial charge in [0.15, 0.2) is 5.82 Å². The highest BCUT2D eigenvalue weighted by Gasteiger charge is 2.19. The van der Waals surface area contributed by atoms with Crippen LogP contribution in [-0.4, -0.2) is 19.1 Å². The Balaban J connectivity index is 1.27. The summed E-state index contributed by atoms with van der Waals surface area (Å²) >= 11 is 0. The molecule has 0 radical (unpaired) electrons. The van der Waals surface area contributed by atoms with Gasteiger partial charge in [-0.1, -0.05) is 133 Å². The van der Waals surface area contributed by atoms with Crippen molar-refractivity contribution in [2.24, 2.45) is 14.1 Å². The molecule has 0 spiro atoms. The summed E-state index contributed by atoms with van der Waals surface area (Å²) < 4.78 is 3.43. The van der Waals surface area contributed by atoms with Crippen molar-refractivity contribution in [2.45, 2.75) is 0 Å². The van der Waals surface area contributed by atoms with Crippen LogP contribution in [0.1, 0.15) is 0 Å². The fourth-order valence-corrected chi connectivity index (χ4v) is 7.32. The van der Waals surface area contributed by atoms with Crippen molar-refractivity contribution in [3.8, 4) is 56.2 Å². The minimum Gasteiger partial charge on any atom is -0.295 e. The maximum atomic E-state index is 12.8. The largest absolute Gasteiger partial charge is 0.328 e. The second-order valence-corrected chi connectivity index (χ2v) is 12.7. The predicted molar refractivity (Wildman–Crippen MR) is 206 cm³/mol. The van der Waals surface area contributed by atoms with Crippen molar-refractivity contribution < 1.29 is 0 Å². The van der Waals surface area contributed by atoms with Crippen molar-refractivity contribution in [1.82, 2.24) is 19.1 Å². The van der Waals surface area contributed by atoms with Gasteiger partial charge in [-0.3, -0.25) is 9.13 Å². The first-order valence-electron chi connectivity index (χ1n) is 16.8. The highest BCUT2D eigenvalue weighted by Crippen LogP contribution is 2.44. The maximum absolute atomic E-state index is 12.8. The summed E-state index contributed by atoms with van der Waals surface area (Å²) in [6.45, 7) is 0. The second-order valence-electron chi connectivity index (χ2n) is 12.7. The molecular formula is C45H32N4O. The van der Waals surface area contributed by atoms with E-state index in [1.54, 1.807) is 9.13 Å². The Morgan fingerprint density at radius 2 is 0.860 bits per heavy atom. The second kappa shape index (κ2) is 11.8. The third kappa shape index (κ3) is 4.82. The van der Waals surface area contributed by atoms with E-state index in [-0.39, 0.29) is 5.69 Å². The molecule has 50 heavy (non-hydrogen) atoms. The molecule has 238 valence electrons. The van der Waals surface area contributed by atoms with Crippen molar-refractivity contribution in [1.29, 1.82) is 0 Å². The summed E-state index contributed by atoms with van der Waals surface area (Å²) in [4.78, 5) is 22.9. The van der Waals surface area contributed by atoms with Gasteiger partial charge in [-0.15, -0.1) is 0 Å². The third-order valence-corrected chi connectivity index (χ3v) is 9.77. The number of imidazole rings is 1. The van der Waals surface area contributed by atoms with Crippen LogP contribution in [0.4, 0.5) is 0 Å². The average molecular weight is 645 g/mol. The van der Waals surface area contributed by atoms with E-state index in [9.17, 15) is 4.79 Å². The van der Waals surface area contributed by atoms with E-state index in [0.29, 0.717) is 5.82 Å². The summed E-state index contributed by atoms with van der Waals surface area (Å²) in [5.41, 5.74) is 11.1. The first kappa shape index (κ1) is 29.5. The number of nitrogens with zero attached hydrogens (tertiary/aromatic N) is 4. The molecule has 7 aromatic carbocycles. The molecule has 0 saturated carbocycles. The molecule has 2 aromatic heterocycles. The van der Waals surface area contributed by atoms with Crippen molar-refractivity contribution >= 4 is 32.6 Å². The zero-order valence-electron chi connectivity index (χ0n) is 27.7. The van der Waals surface area contributed by atoms with Crippen LogP contribution < -0.4 is 5.69 Å². The highest BCUT2D eigenvalue weighted by atomic mass is 16.1. The van der Waals surface area contributed by atoms with E-state index in [4.69, 9.17) is 9.97 Å². The van der Waals surface area contributed by atoms with Crippen molar-refractivity contribution in [3.63, 3.8) is 0 Å². The number of aromatic nitrogens is 4. The zero-order valence-corrected chi connectivity index (χ0v) is 27.7. The summed E-state index contributed by atoms with van der Waals surface area (Å²) in [5.74, 6) is 0.695. The lowest BCUT2D eigenvalue weighted by Gasteiger charge is -2.18. The fourth-order valence-electron chi connectivity index (χ4n) is 7.32. The van der Waals surface area contributed by atoms with Gasteiger partial charge in [-0.2, -0.15) is 0 Å². The number of aryl methyl sites for hydroxylation is 2. The van der Waals surface area contributed by atoms with Crippen LogP contribution >= 0.6 is 0 Å². The Hall–Kier alpha value is -6.59.